The Hall–Kier alpha value is -3.22. The molecule has 4 aromatic rings. The van der Waals surface area contributed by atoms with Gasteiger partial charge >= 0.3 is 0 Å². The van der Waals surface area contributed by atoms with Crippen LogP contribution in [0.15, 0.2) is 36.8 Å². The molecule has 3 aromatic heterocycles. The Balaban J connectivity index is 1.82. The number of fused-ring (bicyclic) bond motifs is 1. The van der Waals surface area contributed by atoms with Crippen molar-refractivity contribution in [2.24, 2.45) is 7.05 Å². The average molecular weight is 336 g/mol. The summed E-state index contributed by atoms with van der Waals surface area (Å²) in [6.07, 6.45) is 3.19. The first-order chi connectivity index (χ1) is 12.1. The van der Waals surface area contributed by atoms with E-state index >= 15 is 4.39 Å². The number of pyridine rings is 1. The molecule has 0 atom stereocenters. The van der Waals surface area contributed by atoms with Gasteiger partial charge < -0.3 is 10.3 Å². The predicted molar refractivity (Wildman–Crippen MR) is 95.2 cm³/mol. The SMILES string of the molecule is Cc1nn(C)c(C)c1Nc1cccc(-c2ccnc3nc[nH]c23)c1F. The monoisotopic (exact) mass is 336 g/mol. The van der Waals surface area contributed by atoms with Gasteiger partial charge in [-0.3, -0.25) is 4.68 Å². The van der Waals surface area contributed by atoms with Crippen LogP contribution in [0.4, 0.5) is 15.8 Å². The summed E-state index contributed by atoms with van der Waals surface area (Å²) in [6.45, 7) is 3.84. The van der Waals surface area contributed by atoms with E-state index in [2.05, 4.69) is 25.4 Å². The minimum Gasteiger partial charge on any atom is -0.350 e. The van der Waals surface area contributed by atoms with E-state index in [1.807, 2.05) is 27.0 Å². The van der Waals surface area contributed by atoms with E-state index in [0.29, 0.717) is 22.4 Å². The molecule has 0 fully saturated rings. The van der Waals surface area contributed by atoms with E-state index in [9.17, 15) is 0 Å². The van der Waals surface area contributed by atoms with Crippen LogP contribution in [0.5, 0.6) is 0 Å². The molecule has 0 radical (unpaired) electrons. The Labute approximate surface area is 143 Å². The van der Waals surface area contributed by atoms with Crippen molar-refractivity contribution < 1.29 is 4.39 Å². The fraction of sp³-hybridized carbons (Fsp3) is 0.167. The van der Waals surface area contributed by atoms with Crippen LogP contribution < -0.4 is 5.32 Å². The van der Waals surface area contributed by atoms with Crippen LogP contribution in [-0.4, -0.2) is 24.7 Å². The van der Waals surface area contributed by atoms with Crippen molar-refractivity contribution in [3.8, 4) is 11.1 Å². The standard InChI is InChI=1S/C18H17FN6/c1-10-16(11(2)25(3)24-10)23-14-6-4-5-12(15(14)19)13-7-8-20-18-17(13)21-9-22-18/h4-9,23H,1-3H3,(H,20,21,22). The highest BCUT2D eigenvalue weighted by molar-refractivity contribution is 5.90. The fourth-order valence-electron chi connectivity index (χ4n) is 3.00. The van der Waals surface area contributed by atoms with Crippen LogP contribution in [0.25, 0.3) is 22.3 Å². The second kappa shape index (κ2) is 5.70. The van der Waals surface area contributed by atoms with E-state index in [0.717, 1.165) is 22.6 Å². The summed E-state index contributed by atoms with van der Waals surface area (Å²) < 4.78 is 17.0. The topological polar surface area (TPSA) is 71.4 Å². The number of anilines is 2. The van der Waals surface area contributed by atoms with Crippen molar-refractivity contribution in [2.75, 3.05) is 5.32 Å². The van der Waals surface area contributed by atoms with Crippen molar-refractivity contribution in [3.05, 3.63) is 54.0 Å². The highest BCUT2D eigenvalue weighted by atomic mass is 19.1. The molecule has 0 spiro atoms. The van der Waals surface area contributed by atoms with Gasteiger partial charge in [0.05, 0.1) is 34.6 Å². The molecular weight excluding hydrogens is 319 g/mol. The number of aryl methyl sites for hydroxylation is 2. The van der Waals surface area contributed by atoms with Crippen molar-refractivity contribution in [1.82, 2.24) is 24.7 Å². The zero-order valence-electron chi connectivity index (χ0n) is 14.1. The summed E-state index contributed by atoms with van der Waals surface area (Å²) in [6, 6.07) is 7.07. The number of H-pyrrole nitrogens is 1. The number of nitrogens with one attached hydrogen (secondary N) is 2. The first kappa shape index (κ1) is 15.3. The lowest BCUT2D eigenvalue weighted by atomic mass is 10.0. The van der Waals surface area contributed by atoms with E-state index < -0.39 is 0 Å². The molecule has 2 N–H and O–H groups in total. The number of halogens is 1. The van der Waals surface area contributed by atoms with Crippen LogP contribution in [0.2, 0.25) is 0 Å². The van der Waals surface area contributed by atoms with Crippen LogP contribution in [0.3, 0.4) is 0 Å². The van der Waals surface area contributed by atoms with Gasteiger partial charge in [0.15, 0.2) is 11.5 Å². The van der Waals surface area contributed by atoms with Gasteiger partial charge in [0.1, 0.15) is 0 Å². The minimum absolute atomic E-state index is 0.327. The van der Waals surface area contributed by atoms with Crippen LogP contribution in [-0.2, 0) is 7.05 Å². The Kier molecular flexibility index (Phi) is 3.49. The molecule has 0 aliphatic rings. The third kappa shape index (κ3) is 2.44. The summed E-state index contributed by atoms with van der Waals surface area (Å²) >= 11 is 0. The molecule has 7 heteroatoms. The van der Waals surface area contributed by atoms with Crippen molar-refractivity contribution in [3.63, 3.8) is 0 Å². The van der Waals surface area contributed by atoms with Gasteiger partial charge in [-0.05, 0) is 26.0 Å². The zero-order chi connectivity index (χ0) is 17.6. The first-order valence-corrected chi connectivity index (χ1v) is 7.90. The summed E-state index contributed by atoms with van der Waals surface area (Å²) in [5, 5.41) is 7.54. The molecule has 0 aliphatic carbocycles. The number of nitrogens with zero attached hydrogens (tertiary/aromatic N) is 4. The Morgan fingerprint density at radius 3 is 2.72 bits per heavy atom. The average Bonchev–Trinajstić information content (AvgIpc) is 3.17. The maximum Gasteiger partial charge on any atom is 0.178 e. The number of rotatable bonds is 3. The summed E-state index contributed by atoms with van der Waals surface area (Å²) in [5.41, 5.74) is 5.48. The molecule has 0 saturated heterocycles. The van der Waals surface area contributed by atoms with Gasteiger partial charge in [0.2, 0.25) is 0 Å². The predicted octanol–water partition coefficient (Wildman–Crippen LogP) is 3.86. The second-order valence-corrected chi connectivity index (χ2v) is 5.92. The van der Waals surface area contributed by atoms with Gasteiger partial charge in [-0.15, -0.1) is 0 Å². The van der Waals surface area contributed by atoms with E-state index in [1.54, 1.807) is 35.4 Å². The molecule has 3 heterocycles. The summed E-state index contributed by atoms with van der Waals surface area (Å²) in [4.78, 5) is 11.3. The molecule has 25 heavy (non-hydrogen) atoms. The third-order valence-corrected chi connectivity index (χ3v) is 4.38. The quantitative estimate of drug-likeness (QED) is 0.596. The smallest absolute Gasteiger partial charge is 0.178 e. The molecule has 4 rings (SSSR count). The van der Waals surface area contributed by atoms with E-state index in [-0.39, 0.29) is 5.82 Å². The van der Waals surface area contributed by atoms with Gasteiger partial charge in [-0.1, -0.05) is 12.1 Å². The van der Waals surface area contributed by atoms with Gasteiger partial charge in [0.25, 0.3) is 0 Å². The highest BCUT2D eigenvalue weighted by Gasteiger charge is 2.16. The Morgan fingerprint density at radius 2 is 1.96 bits per heavy atom. The maximum absolute atomic E-state index is 15.2. The van der Waals surface area contributed by atoms with Crippen LogP contribution >= 0.6 is 0 Å². The number of aromatic nitrogens is 5. The summed E-state index contributed by atoms with van der Waals surface area (Å²) in [7, 11) is 1.87. The minimum atomic E-state index is -0.327. The lowest BCUT2D eigenvalue weighted by Crippen LogP contribution is -1.99. The Morgan fingerprint density at radius 1 is 1.12 bits per heavy atom. The second-order valence-electron chi connectivity index (χ2n) is 5.92. The molecular formula is C18H17FN6. The lowest BCUT2D eigenvalue weighted by Gasteiger charge is -2.12. The van der Waals surface area contributed by atoms with Crippen LogP contribution in [0.1, 0.15) is 11.4 Å². The molecule has 0 amide bonds. The van der Waals surface area contributed by atoms with Crippen molar-refractivity contribution >= 4 is 22.5 Å². The molecule has 0 aliphatic heterocycles. The van der Waals surface area contributed by atoms with Gasteiger partial charge in [-0.25, -0.2) is 14.4 Å². The molecule has 126 valence electrons. The zero-order valence-corrected chi connectivity index (χ0v) is 14.1. The largest absolute Gasteiger partial charge is 0.350 e. The number of hydrogen-bond donors (Lipinski definition) is 2. The first-order valence-electron chi connectivity index (χ1n) is 7.90. The van der Waals surface area contributed by atoms with Gasteiger partial charge in [0, 0.05) is 24.4 Å². The summed E-state index contributed by atoms with van der Waals surface area (Å²) in [5.74, 6) is -0.327. The molecule has 6 nitrogen and oxygen atoms in total. The number of benzene rings is 1. The van der Waals surface area contributed by atoms with E-state index in [1.165, 1.54) is 0 Å². The van der Waals surface area contributed by atoms with Crippen LogP contribution in [0, 0.1) is 19.7 Å². The third-order valence-electron chi connectivity index (χ3n) is 4.38. The van der Waals surface area contributed by atoms with Crippen molar-refractivity contribution in [2.45, 2.75) is 13.8 Å². The highest BCUT2D eigenvalue weighted by Crippen LogP contribution is 2.33. The molecule has 0 saturated carbocycles. The number of hydrogen-bond acceptors (Lipinski definition) is 4. The molecule has 0 unspecified atom stereocenters. The maximum atomic E-state index is 15.2. The Bertz CT molecular complexity index is 1080. The number of aromatic amines is 1. The normalized spacial score (nSPS) is 11.2. The number of imidazole rings is 1. The fourth-order valence-corrected chi connectivity index (χ4v) is 3.00. The molecule has 1 aromatic carbocycles. The lowest BCUT2D eigenvalue weighted by molar-refractivity contribution is 0.635. The van der Waals surface area contributed by atoms with E-state index in [4.69, 9.17) is 0 Å². The van der Waals surface area contributed by atoms with Crippen molar-refractivity contribution in [1.29, 1.82) is 0 Å². The molecule has 0 bridgehead atoms. The van der Waals surface area contributed by atoms with Gasteiger partial charge in [-0.2, -0.15) is 5.10 Å².